The lowest BCUT2D eigenvalue weighted by molar-refractivity contribution is 0.165. The Bertz CT molecular complexity index is 413. The van der Waals surface area contributed by atoms with Crippen LogP contribution in [0.2, 0.25) is 0 Å². The standard InChI is InChI=1S/C15H26N4/c1-11(2)18(6)12-9-19(10-12)14-8-7-13(16-17-14)15(3,4)5/h7-8,11-12H,9-10H2,1-6H3. The highest BCUT2D eigenvalue weighted by Gasteiger charge is 2.32. The summed E-state index contributed by atoms with van der Waals surface area (Å²) in [5.74, 6) is 1.00. The van der Waals surface area contributed by atoms with Crippen LogP contribution in [0.4, 0.5) is 5.82 Å². The van der Waals surface area contributed by atoms with Gasteiger partial charge in [-0.25, -0.2) is 0 Å². The Hall–Kier alpha value is -1.16. The van der Waals surface area contributed by atoms with E-state index in [2.05, 4.69) is 73.8 Å². The van der Waals surface area contributed by atoms with Crippen molar-refractivity contribution in [2.24, 2.45) is 0 Å². The molecular weight excluding hydrogens is 236 g/mol. The monoisotopic (exact) mass is 262 g/mol. The third-order valence-electron chi connectivity index (χ3n) is 4.00. The third kappa shape index (κ3) is 3.06. The molecule has 0 atom stereocenters. The van der Waals surface area contributed by atoms with Crippen LogP contribution in [0.5, 0.6) is 0 Å². The van der Waals surface area contributed by atoms with Gasteiger partial charge in [0.05, 0.1) is 5.69 Å². The van der Waals surface area contributed by atoms with Crippen LogP contribution in [0.1, 0.15) is 40.3 Å². The summed E-state index contributed by atoms with van der Waals surface area (Å²) in [6, 6.07) is 5.44. The van der Waals surface area contributed by atoms with E-state index in [1.165, 1.54) is 0 Å². The Labute approximate surface area is 116 Å². The summed E-state index contributed by atoms with van der Waals surface area (Å²) in [7, 11) is 2.20. The van der Waals surface area contributed by atoms with Gasteiger partial charge in [-0.2, -0.15) is 5.10 Å². The normalized spacial score (nSPS) is 17.2. The minimum Gasteiger partial charge on any atom is -0.352 e. The highest BCUT2D eigenvalue weighted by Crippen LogP contribution is 2.24. The smallest absolute Gasteiger partial charge is 0.151 e. The largest absolute Gasteiger partial charge is 0.352 e. The number of hydrogen-bond acceptors (Lipinski definition) is 4. The van der Waals surface area contributed by atoms with Crippen LogP contribution in [0.25, 0.3) is 0 Å². The van der Waals surface area contributed by atoms with Crippen LogP contribution < -0.4 is 4.90 Å². The molecule has 0 unspecified atom stereocenters. The van der Waals surface area contributed by atoms with Gasteiger partial charge in [0.1, 0.15) is 0 Å². The van der Waals surface area contributed by atoms with Gasteiger partial charge in [-0.15, -0.1) is 5.10 Å². The lowest BCUT2D eigenvalue weighted by atomic mass is 9.92. The van der Waals surface area contributed by atoms with E-state index in [-0.39, 0.29) is 5.41 Å². The number of rotatable bonds is 3. The van der Waals surface area contributed by atoms with Gasteiger partial charge in [-0.1, -0.05) is 20.8 Å². The molecule has 0 amide bonds. The third-order valence-corrected chi connectivity index (χ3v) is 4.00. The lowest BCUT2D eigenvalue weighted by Crippen LogP contribution is -2.60. The second-order valence-corrected chi connectivity index (χ2v) is 6.84. The lowest BCUT2D eigenvalue weighted by Gasteiger charge is -2.46. The number of aromatic nitrogens is 2. The molecule has 2 heterocycles. The zero-order chi connectivity index (χ0) is 14.2. The summed E-state index contributed by atoms with van der Waals surface area (Å²) in [6.45, 7) is 13.1. The van der Waals surface area contributed by atoms with Crippen molar-refractivity contribution in [3.63, 3.8) is 0 Å². The predicted octanol–water partition coefficient (Wildman–Crippen LogP) is 2.30. The van der Waals surface area contributed by atoms with Crippen molar-refractivity contribution in [2.45, 2.75) is 52.1 Å². The predicted molar refractivity (Wildman–Crippen MR) is 79.6 cm³/mol. The fourth-order valence-corrected chi connectivity index (χ4v) is 2.22. The summed E-state index contributed by atoms with van der Waals surface area (Å²) in [5.41, 5.74) is 1.12. The van der Waals surface area contributed by atoms with Gasteiger partial charge in [0.25, 0.3) is 0 Å². The Kier molecular flexibility index (Phi) is 3.81. The Balaban J connectivity index is 1.96. The molecule has 1 saturated heterocycles. The fourth-order valence-electron chi connectivity index (χ4n) is 2.22. The van der Waals surface area contributed by atoms with Gasteiger partial charge in [-0.3, -0.25) is 4.90 Å². The maximum Gasteiger partial charge on any atom is 0.151 e. The molecule has 2 rings (SSSR count). The van der Waals surface area contributed by atoms with Crippen molar-refractivity contribution < 1.29 is 0 Å². The summed E-state index contributed by atoms with van der Waals surface area (Å²) >= 11 is 0. The van der Waals surface area contributed by atoms with Crippen molar-refractivity contribution in [1.82, 2.24) is 15.1 Å². The van der Waals surface area contributed by atoms with E-state index in [4.69, 9.17) is 0 Å². The van der Waals surface area contributed by atoms with Gasteiger partial charge in [0.2, 0.25) is 0 Å². The zero-order valence-corrected chi connectivity index (χ0v) is 13.0. The van der Waals surface area contributed by atoms with E-state index in [9.17, 15) is 0 Å². The Morgan fingerprint density at radius 1 is 1.21 bits per heavy atom. The van der Waals surface area contributed by atoms with Crippen LogP contribution in [-0.2, 0) is 5.41 Å². The van der Waals surface area contributed by atoms with Crippen molar-refractivity contribution in [2.75, 3.05) is 25.0 Å². The first kappa shape index (κ1) is 14.3. The van der Waals surface area contributed by atoms with Crippen molar-refractivity contribution in [1.29, 1.82) is 0 Å². The minimum atomic E-state index is 0.0703. The van der Waals surface area contributed by atoms with Crippen LogP contribution in [0, 0.1) is 0 Å². The molecule has 0 aromatic carbocycles. The molecule has 19 heavy (non-hydrogen) atoms. The number of hydrogen-bond donors (Lipinski definition) is 0. The number of nitrogens with zero attached hydrogens (tertiary/aromatic N) is 4. The summed E-state index contributed by atoms with van der Waals surface area (Å²) in [6.07, 6.45) is 0. The van der Waals surface area contributed by atoms with Crippen LogP contribution in [0.3, 0.4) is 0 Å². The highest BCUT2D eigenvalue weighted by atomic mass is 15.4. The first-order valence-electron chi connectivity index (χ1n) is 7.10. The minimum absolute atomic E-state index is 0.0703. The summed E-state index contributed by atoms with van der Waals surface area (Å²) in [4.78, 5) is 4.72. The van der Waals surface area contributed by atoms with Gasteiger partial charge >= 0.3 is 0 Å². The summed E-state index contributed by atoms with van der Waals surface area (Å²) < 4.78 is 0. The molecule has 4 heteroatoms. The Morgan fingerprint density at radius 2 is 1.84 bits per heavy atom. The Morgan fingerprint density at radius 3 is 2.26 bits per heavy atom. The SMILES string of the molecule is CC(C)N(C)C1CN(c2ccc(C(C)(C)C)nn2)C1. The summed E-state index contributed by atoms with van der Waals surface area (Å²) in [5, 5.41) is 8.72. The fraction of sp³-hybridized carbons (Fsp3) is 0.733. The highest BCUT2D eigenvalue weighted by molar-refractivity contribution is 5.42. The molecule has 1 fully saturated rings. The maximum absolute atomic E-state index is 4.36. The molecule has 1 aliphatic heterocycles. The van der Waals surface area contributed by atoms with E-state index in [0.717, 1.165) is 24.6 Å². The average Bonchev–Trinajstić information content (AvgIpc) is 2.26. The molecule has 0 aliphatic carbocycles. The molecule has 0 bridgehead atoms. The molecule has 4 nitrogen and oxygen atoms in total. The van der Waals surface area contributed by atoms with E-state index in [1.807, 2.05) is 0 Å². The maximum atomic E-state index is 4.36. The van der Waals surface area contributed by atoms with Gasteiger partial charge in [0.15, 0.2) is 5.82 Å². The van der Waals surface area contributed by atoms with Crippen LogP contribution >= 0.6 is 0 Å². The molecule has 1 aromatic heterocycles. The van der Waals surface area contributed by atoms with E-state index in [1.54, 1.807) is 0 Å². The van der Waals surface area contributed by atoms with Gasteiger partial charge in [0, 0.05) is 30.6 Å². The first-order chi connectivity index (χ1) is 8.79. The molecule has 0 spiro atoms. The van der Waals surface area contributed by atoms with Crippen LogP contribution in [0.15, 0.2) is 12.1 Å². The molecule has 0 N–H and O–H groups in total. The van der Waals surface area contributed by atoms with E-state index in [0.29, 0.717) is 12.1 Å². The molecule has 1 aliphatic rings. The topological polar surface area (TPSA) is 32.3 Å². The molecule has 1 aromatic rings. The second-order valence-electron chi connectivity index (χ2n) is 6.84. The zero-order valence-electron chi connectivity index (χ0n) is 13.0. The molecule has 0 radical (unpaired) electrons. The molecule has 106 valence electrons. The van der Waals surface area contributed by atoms with Crippen molar-refractivity contribution >= 4 is 5.82 Å². The van der Waals surface area contributed by atoms with Crippen LogP contribution in [-0.4, -0.2) is 47.3 Å². The molecule has 0 saturated carbocycles. The second kappa shape index (κ2) is 5.08. The van der Waals surface area contributed by atoms with Gasteiger partial charge < -0.3 is 4.90 Å². The first-order valence-corrected chi connectivity index (χ1v) is 7.10. The average molecular weight is 262 g/mol. The quantitative estimate of drug-likeness (QED) is 0.836. The van der Waals surface area contributed by atoms with Crippen molar-refractivity contribution in [3.8, 4) is 0 Å². The molecular formula is C15H26N4. The van der Waals surface area contributed by atoms with Crippen molar-refractivity contribution in [3.05, 3.63) is 17.8 Å². The number of likely N-dealkylation sites (N-methyl/N-ethyl adjacent to an activating group) is 1. The van der Waals surface area contributed by atoms with E-state index >= 15 is 0 Å². The van der Waals surface area contributed by atoms with E-state index < -0.39 is 0 Å². The number of anilines is 1. The van der Waals surface area contributed by atoms with Gasteiger partial charge in [-0.05, 0) is 33.0 Å².